The second-order valence-electron chi connectivity index (χ2n) is 3.85. The molecule has 0 amide bonds. The van der Waals surface area contributed by atoms with Crippen LogP contribution in [0.5, 0.6) is 0 Å². The molecule has 3 unspecified atom stereocenters. The predicted octanol–water partition coefficient (Wildman–Crippen LogP) is 1.30. The van der Waals surface area contributed by atoms with Gasteiger partial charge < -0.3 is 10.8 Å². The number of aliphatic carboxylic acids is 1. The number of carboxylic acids is 1. The number of nitrogens with zero attached hydrogens (tertiary/aromatic N) is 1. The first-order chi connectivity index (χ1) is 7.15. The van der Waals surface area contributed by atoms with Crippen molar-refractivity contribution in [2.24, 2.45) is 17.6 Å². The molecule has 15 heavy (non-hydrogen) atoms. The van der Waals surface area contributed by atoms with Crippen molar-refractivity contribution in [3.8, 4) is 6.07 Å². The van der Waals surface area contributed by atoms with Crippen molar-refractivity contribution in [1.29, 1.82) is 5.26 Å². The van der Waals surface area contributed by atoms with Gasteiger partial charge in [-0.25, -0.2) is 0 Å². The Morgan fingerprint density at radius 2 is 2.40 bits per heavy atom. The van der Waals surface area contributed by atoms with Gasteiger partial charge in [0.25, 0.3) is 0 Å². The fourth-order valence-corrected chi connectivity index (χ4v) is 3.63. The first-order valence-electron chi connectivity index (χ1n) is 4.92. The molecular weight excluding hydrogens is 212 g/mol. The number of allylic oxidation sites excluding steroid dienone is 1. The van der Waals surface area contributed by atoms with Crippen LogP contribution in [0.15, 0.2) is 10.5 Å². The van der Waals surface area contributed by atoms with E-state index in [-0.39, 0.29) is 5.37 Å². The van der Waals surface area contributed by atoms with Gasteiger partial charge in [-0.05, 0) is 29.7 Å². The van der Waals surface area contributed by atoms with E-state index in [1.54, 1.807) is 0 Å². The van der Waals surface area contributed by atoms with Gasteiger partial charge in [0.15, 0.2) is 0 Å². The molecule has 80 valence electrons. The van der Waals surface area contributed by atoms with Gasteiger partial charge in [0.05, 0.1) is 23.3 Å². The highest BCUT2D eigenvalue weighted by molar-refractivity contribution is 8.03. The summed E-state index contributed by atoms with van der Waals surface area (Å²) in [6.07, 6.45) is 2.41. The van der Waals surface area contributed by atoms with Gasteiger partial charge in [0.2, 0.25) is 0 Å². The lowest BCUT2D eigenvalue weighted by Crippen LogP contribution is -2.28. The first kappa shape index (κ1) is 10.5. The summed E-state index contributed by atoms with van der Waals surface area (Å²) >= 11 is 1.47. The van der Waals surface area contributed by atoms with Crippen LogP contribution in [-0.2, 0) is 4.79 Å². The topological polar surface area (TPSA) is 87.1 Å². The van der Waals surface area contributed by atoms with Gasteiger partial charge >= 0.3 is 5.97 Å². The zero-order chi connectivity index (χ0) is 11.0. The molecule has 0 spiro atoms. The quantitative estimate of drug-likeness (QED) is 0.701. The normalized spacial score (nSPS) is 34.8. The maximum atomic E-state index is 11.1. The maximum Gasteiger partial charge on any atom is 0.310 e. The highest BCUT2D eigenvalue weighted by Gasteiger charge is 2.41. The van der Waals surface area contributed by atoms with Crippen molar-refractivity contribution < 1.29 is 9.90 Å². The van der Waals surface area contributed by atoms with E-state index in [9.17, 15) is 4.79 Å². The maximum absolute atomic E-state index is 11.1. The van der Waals surface area contributed by atoms with Crippen molar-refractivity contribution in [3.05, 3.63) is 10.5 Å². The van der Waals surface area contributed by atoms with E-state index in [0.29, 0.717) is 6.42 Å². The van der Waals surface area contributed by atoms with E-state index < -0.39 is 17.8 Å². The van der Waals surface area contributed by atoms with Gasteiger partial charge in [0, 0.05) is 0 Å². The number of hydrogen-bond acceptors (Lipinski definition) is 4. The lowest BCUT2D eigenvalue weighted by Gasteiger charge is -2.22. The largest absolute Gasteiger partial charge is 0.481 e. The average Bonchev–Trinajstić information content (AvgIpc) is 2.52. The Balaban J connectivity index is 2.37. The van der Waals surface area contributed by atoms with Gasteiger partial charge in [-0.3, -0.25) is 4.79 Å². The van der Waals surface area contributed by atoms with Crippen molar-refractivity contribution in [3.63, 3.8) is 0 Å². The fraction of sp³-hybridized carbons (Fsp3) is 0.600. The predicted molar refractivity (Wildman–Crippen MR) is 56.7 cm³/mol. The zero-order valence-corrected chi connectivity index (χ0v) is 8.96. The molecule has 3 N–H and O–H groups in total. The van der Waals surface area contributed by atoms with E-state index in [0.717, 1.165) is 23.3 Å². The molecule has 0 bridgehead atoms. The minimum Gasteiger partial charge on any atom is -0.481 e. The molecular formula is C10H12N2O2S. The van der Waals surface area contributed by atoms with Crippen LogP contribution in [0.2, 0.25) is 0 Å². The molecule has 0 aromatic carbocycles. The van der Waals surface area contributed by atoms with Crippen LogP contribution in [0.3, 0.4) is 0 Å². The highest BCUT2D eigenvalue weighted by Crippen LogP contribution is 2.49. The Hall–Kier alpha value is -0.990. The lowest BCUT2D eigenvalue weighted by atomic mass is 9.81. The number of carboxylic acid groups (broad SMARTS) is 1. The molecule has 5 heteroatoms. The van der Waals surface area contributed by atoms with Gasteiger partial charge in [-0.2, -0.15) is 5.26 Å². The van der Waals surface area contributed by atoms with Crippen molar-refractivity contribution in [1.82, 2.24) is 0 Å². The molecule has 0 aromatic rings. The highest BCUT2D eigenvalue weighted by atomic mass is 32.2. The van der Waals surface area contributed by atoms with Crippen LogP contribution in [0.4, 0.5) is 0 Å². The summed E-state index contributed by atoms with van der Waals surface area (Å²) in [4.78, 5) is 12.1. The van der Waals surface area contributed by atoms with Gasteiger partial charge in [-0.1, -0.05) is 0 Å². The van der Waals surface area contributed by atoms with E-state index in [1.165, 1.54) is 11.8 Å². The summed E-state index contributed by atoms with van der Waals surface area (Å²) in [6.45, 7) is 0. The van der Waals surface area contributed by atoms with Crippen LogP contribution in [0, 0.1) is 23.2 Å². The molecule has 0 aromatic heterocycles. The Bertz CT molecular complexity index is 372. The molecule has 4 nitrogen and oxygen atoms in total. The minimum atomic E-state index is -0.822. The molecule has 0 saturated carbocycles. The SMILES string of the molecule is N#CC1C2=C(CCCC2C(=O)O)SC1N. The molecule has 0 fully saturated rings. The lowest BCUT2D eigenvalue weighted by molar-refractivity contribution is -0.140. The van der Waals surface area contributed by atoms with Gasteiger partial charge in [-0.15, -0.1) is 11.8 Å². The van der Waals surface area contributed by atoms with Crippen molar-refractivity contribution in [2.45, 2.75) is 24.6 Å². The van der Waals surface area contributed by atoms with Crippen LogP contribution >= 0.6 is 11.8 Å². The van der Waals surface area contributed by atoms with Crippen LogP contribution < -0.4 is 5.73 Å². The van der Waals surface area contributed by atoms with E-state index >= 15 is 0 Å². The van der Waals surface area contributed by atoms with Crippen LogP contribution in [0.25, 0.3) is 0 Å². The molecule has 1 aliphatic heterocycles. The summed E-state index contributed by atoms with van der Waals surface area (Å²) in [5, 5.41) is 17.8. The molecule has 2 aliphatic rings. The minimum absolute atomic E-state index is 0.278. The monoisotopic (exact) mass is 224 g/mol. The number of nitriles is 1. The van der Waals surface area contributed by atoms with Crippen LogP contribution in [0.1, 0.15) is 19.3 Å². The van der Waals surface area contributed by atoms with E-state index in [1.807, 2.05) is 0 Å². The smallest absolute Gasteiger partial charge is 0.310 e. The second-order valence-corrected chi connectivity index (χ2v) is 5.12. The Morgan fingerprint density at radius 1 is 1.67 bits per heavy atom. The number of rotatable bonds is 1. The van der Waals surface area contributed by atoms with E-state index in [4.69, 9.17) is 16.1 Å². The first-order valence-corrected chi connectivity index (χ1v) is 5.80. The standard InChI is InChI=1S/C10H12N2O2S/c11-4-6-8-5(10(13)14)2-1-3-7(8)15-9(6)12/h5-6,9H,1-3,12H2,(H,13,14). The third kappa shape index (κ3) is 1.64. The number of thioether (sulfide) groups is 1. The number of nitrogens with two attached hydrogens (primary N) is 1. The Morgan fingerprint density at radius 3 is 3.00 bits per heavy atom. The summed E-state index contributed by atoms with van der Waals surface area (Å²) in [6, 6.07) is 2.13. The number of hydrogen-bond donors (Lipinski definition) is 2. The molecule has 1 aliphatic carbocycles. The van der Waals surface area contributed by atoms with Crippen molar-refractivity contribution >= 4 is 17.7 Å². The third-order valence-electron chi connectivity index (χ3n) is 2.97. The van der Waals surface area contributed by atoms with Crippen LogP contribution in [-0.4, -0.2) is 16.4 Å². The van der Waals surface area contributed by atoms with Crippen molar-refractivity contribution in [2.75, 3.05) is 0 Å². The zero-order valence-electron chi connectivity index (χ0n) is 8.14. The molecule has 0 saturated heterocycles. The molecule has 3 atom stereocenters. The summed E-state index contributed by atoms with van der Waals surface area (Å²) < 4.78 is 0. The summed E-state index contributed by atoms with van der Waals surface area (Å²) in [5.41, 5.74) is 6.60. The fourth-order valence-electron chi connectivity index (χ4n) is 2.29. The Kier molecular flexibility index (Phi) is 2.72. The summed E-state index contributed by atoms with van der Waals surface area (Å²) in [5.74, 6) is -1.72. The van der Waals surface area contributed by atoms with Gasteiger partial charge in [0.1, 0.15) is 0 Å². The molecule has 2 rings (SSSR count). The average molecular weight is 224 g/mol. The molecule has 1 heterocycles. The van der Waals surface area contributed by atoms with E-state index in [2.05, 4.69) is 6.07 Å². The Labute approximate surface area is 92.1 Å². The third-order valence-corrected chi connectivity index (χ3v) is 4.24. The number of carbonyl (C=O) groups is 1. The summed E-state index contributed by atoms with van der Waals surface area (Å²) in [7, 11) is 0. The second kappa shape index (κ2) is 3.87. The molecule has 0 radical (unpaired) electrons.